The van der Waals surface area contributed by atoms with Crippen molar-refractivity contribution in [2.45, 2.75) is 76.9 Å². The number of carbonyl (C=O) groups is 2. The molecule has 2 saturated heterocycles. The number of carbonyl (C=O) groups excluding carboxylic acids is 2. The monoisotopic (exact) mass is 331 g/mol. The zero-order valence-electron chi connectivity index (χ0n) is 13.8. The van der Waals surface area contributed by atoms with Crippen molar-refractivity contribution >= 4 is 24.2 Å². The number of hydrogen-bond donors (Lipinski definition) is 2. The quantitative estimate of drug-likeness (QED) is 0.748. The van der Waals surface area contributed by atoms with Crippen molar-refractivity contribution < 1.29 is 9.59 Å². The lowest BCUT2D eigenvalue weighted by Crippen LogP contribution is -2.48. The van der Waals surface area contributed by atoms with Crippen LogP contribution in [0.2, 0.25) is 0 Å². The van der Waals surface area contributed by atoms with Gasteiger partial charge in [0.15, 0.2) is 0 Å². The van der Waals surface area contributed by atoms with Gasteiger partial charge in [-0.25, -0.2) is 0 Å². The Morgan fingerprint density at radius 2 is 1.68 bits per heavy atom. The van der Waals surface area contributed by atoms with Gasteiger partial charge < -0.3 is 15.5 Å². The largest absolute Gasteiger partial charge is 0.353 e. The number of amides is 2. The molecule has 0 aromatic rings. The zero-order valence-corrected chi connectivity index (χ0v) is 14.6. The Morgan fingerprint density at radius 3 is 2.23 bits per heavy atom. The minimum Gasteiger partial charge on any atom is -0.353 e. The summed E-state index contributed by atoms with van der Waals surface area (Å²) in [6.07, 6.45) is 6.20. The van der Waals surface area contributed by atoms with Crippen LogP contribution in [0.25, 0.3) is 0 Å². The Morgan fingerprint density at radius 1 is 1.09 bits per heavy atom. The first-order valence-electron chi connectivity index (χ1n) is 8.45. The third-order valence-electron chi connectivity index (χ3n) is 4.75. The van der Waals surface area contributed by atoms with Crippen LogP contribution in [0.5, 0.6) is 0 Å². The number of piperidine rings is 1. The summed E-state index contributed by atoms with van der Waals surface area (Å²) < 4.78 is 0. The molecule has 6 heteroatoms. The first-order chi connectivity index (χ1) is 10.1. The van der Waals surface area contributed by atoms with E-state index in [1.165, 1.54) is 12.8 Å². The average molecular weight is 332 g/mol. The van der Waals surface area contributed by atoms with Crippen LogP contribution < -0.4 is 10.6 Å². The lowest BCUT2D eigenvalue weighted by molar-refractivity contribution is -0.131. The molecule has 2 bridgehead atoms. The van der Waals surface area contributed by atoms with Crippen molar-refractivity contribution in [3.63, 3.8) is 0 Å². The van der Waals surface area contributed by atoms with Crippen LogP contribution in [0.3, 0.4) is 0 Å². The zero-order chi connectivity index (χ0) is 15.2. The van der Waals surface area contributed by atoms with E-state index in [0.717, 1.165) is 25.9 Å². The number of fused-ring (bicyclic) bond motifs is 2. The fourth-order valence-corrected chi connectivity index (χ4v) is 3.61. The van der Waals surface area contributed by atoms with Crippen molar-refractivity contribution in [2.75, 3.05) is 13.1 Å². The maximum atomic E-state index is 12.0. The SMILES string of the molecule is CCN(CC)C(=O)CCCC(=O)NC1CC2CCC(C1)N2.Cl. The summed E-state index contributed by atoms with van der Waals surface area (Å²) in [5.74, 6) is 0.265. The fraction of sp³-hybridized carbons (Fsp3) is 0.875. The summed E-state index contributed by atoms with van der Waals surface area (Å²) >= 11 is 0. The summed E-state index contributed by atoms with van der Waals surface area (Å²) in [7, 11) is 0. The van der Waals surface area contributed by atoms with Gasteiger partial charge in [0.2, 0.25) is 11.8 Å². The van der Waals surface area contributed by atoms with Gasteiger partial charge >= 0.3 is 0 Å². The van der Waals surface area contributed by atoms with E-state index in [-0.39, 0.29) is 24.2 Å². The highest BCUT2D eigenvalue weighted by Gasteiger charge is 2.33. The third-order valence-corrected chi connectivity index (χ3v) is 4.75. The predicted molar refractivity (Wildman–Crippen MR) is 90.1 cm³/mol. The van der Waals surface area contributed by atoms with Crippen molar-refractivity contribution in [1.82, 2.24) is 15.5 Å². The number of halogens is 1. The molecule has 2 unspecified atom stereocenters. The standard InChI is InChI=1S/C16H29N3O2.ClH/c1-3-19(4-2)16(21)7-5-6-15(20)18-14-10-12-8-9-13(11-14)17-12;/h12-14,17H,3-11H2,1-2H3,(H,18,20);1H. The summed E-state index contributed by atoms with van der Waals surface area (Å²) in [5, 5.41) is 6.72. The van der Waals surface area contributed by atoms with E-state index in [4.69, 9.17) is 0 Å². The third kappa shape index (κ3) is 5.43. The van der Waals surface area contributed by atoms with Gasteiger partial charge in [0.25, 0.3) is 0 Å². The Hall–Kier alpha value is -0.810. The van der Waals surface area contributed by atoms with Crippen LogP contribution in [0.1, 0.15) is 58.8 Å². The first-order valence-corrected chi connectivity index (χ1v) is 8.45. The van der Waals surface area contributed by atoms with Crippen LogP contribution in [-0.4, -0.2) is 47.9 Å². The molecule has 2 rings (SSSR count). The molecular weight excluding hydrogens is 302 g/mol. The highest BCUT2D eigenvalue weighted by molar-refractivity contribution is 5.85. The summed E-state index contributed by atoms with van der Waals surface area (Å²) in [4.78, 5) is 25.7. The maximum Gasteiger partial charge on any atom is 0.222 e. The van der Waals surface area contributed by atoms with E-state index in [9.17, 15) is 9.59 Å². The molecule has 128 valence electrons. The number of rotatable bonds is 7. The van der Waals surface area contributed by atoms with E-state index < -0.39 is 0 Å². The first kappa shape index (κ1) is 19.2. The molecule has 2 heterocycles. The van der Waals surface area contributed by atoms with Gasteiger partial charge in [-0.05, 0) is 46.0 Å². The van der Waals surface area contributed by atoms with E-state index >= 15 is 0 Å². The lowest BCUT2D eigenvalue weighted by atomic mass is 9.99. The molecule has 0 spiro atoms. The molecule has 2 atom stereocenters. The summed E-state index contributed by atoms with van der Waals surface area (Å²) in [6, 6.07) is 1.52. The molecule has 0 aliphatic carbocycles. The molecule has 2 aliphatic heterocycles. The lowest BCUT2D eigenvalue weighted by Gasteiger charge is -2.29. The molecule has 22 heavy (non-hydrogen) atoms. The van der Waals surface area contributed by atoms with E-state index in [0.29, 0.717) is 37.4 Å². The smallest absolute Gasteiger partial charge is 0.222 e. The highest BCUT2D eigenvalue weighted by atomic mass is 35.5. The average Bonchev–Trinajstić information content (AvgIpc) is 2.79. The van der Waals surface area contributed by atoms with Crippen LogP contribution in [0.15, 0.2) is 0 Å². The second-order valence-corrected chi connectivity index (χ2v) is 6.29. The fourth-order valence-electron chi connectivity index (χ4n) is 3.61. The van der Waals surface area contributed by atoms with Crippen LogP contribution >= 0.6 is 12.4 Å². The molecular formula is C16H30ClN3O2. The normalized spacial score (nSPS) is 26.2. The van der Waals surface area contributed by atoms with Gasteiger partial charge in [-0.3, -0.25) is 9.59 Å². The molecule has 5 nitrogen and oxygen atoms in total. The Kier molecular flexibility index (Phi) is 8.18. The van der Waals surface area contributed by atoms with Gasteiger partial charge in [-0.15, -0.1) is 12.4 Å². The minimum atomic E-state index is 0. The molecule has 0 aromatic carbocycles. The second-order valence-electron chi connectivity index (χ2n) is 6.29. The molecule has 0 radical (unpaired) electrons. The van der Waals surface area contributed by atoms with Crippen molar-refractivity contribution in [1.29, 1.82) is 0 Å². The van der Waals surface area contributed by atoms with E-state index in [1.807, 2.05) is 18.7 Å². The number of hydrogen-bond acceptors (Lipinski definition) is 3. The van der Waals surface area contributed by atoms with Gasteiger partial charge in [-0.1, -0.05) is 0 Å². The maximum absolute atomic E-state index is 12.0. The van der Waals surface area contributed by atoms with Crippen LogP contribution in [0, 0.1) is 0 Å². The van der Waals surface area contributed by atoms with E-state index in [2.05, 4.69) is 10.6 Å². The van der Waals surface area contributed by atoms with Gasteiger partial charge in [0.05, 0.1) is 0 Å². The molecule has 2 N–H and O–H groups in total. The summed E-state index contributed by atoms with van der Waals surface area (Å²) in [6.45, 7) is 5.47. The topological polar surface area (TPSA) is 61.4 Å². The van der Waals surface area contributed by atoms with Crippen LogP contribution in [0.4, 0.5) is 0 Å². The molecule has 2 amide bonds. The molecule has 0 saturated carbocycles. The summed E-state index contributed by atoms with van der Waals surface area (Å²) in [5.41, 5.74) is 0. The second kappa shape index (κ2) is 9.36. The van der Waals surface area contributed by atoms with Gasteiger partial charge in [-0.2, -0.15) is 0 Å². The number of nitrogens with zero attached hydrogens (tertiary/aromatic N) is 1. The van der Waals surface area contributed by atoms with E-state index in [1.54, 1.807) is 0 Å². The van der Waals surface area contributed by atoms with Gasteiger partial charge in [0, 0.05) is 44.1 Å². The Bertz CT molecular complexity index is 362. The van der Waals surface area contributed by atoms with Gasteiger partial charge in [0.1, 0.15) is 0 Å². The van der Waals surface area contributed by atoms with Crippen molar-refractivity contribution in [3.8, 4) is 0 Å². The van der Waals surface area contributed by atoms with Crippen molar-refractivity contribution in [3.05, 3.63) is 0 Å². The Balaban J connectivity index is 0.00000242. The molecule has 0 aromatic heterocycles. The molecule has 2 fully saturated rings. The highest BCUT2D eigenvalue weighted by Crippen LogP contribution is 2.26. The number of nitrogens with one attached hydrogen (secondary N) is 2. The predicted octanol–water partition coefficient (Wildman–Crippen LogP) is 1.85. The van der Waals surface area contributed by atoms with Crippen molar-refractivity contribution in [2.24, 2.45) is 0 Å². The molecule has 2 aliphatic rings. The van der Waals surface area contributed by atoms with Crippen LogP contribution in [-0.2, 0) is 9.59 Å². The Labute approximate surface area is 140 Å². The minimum absolute atomic E-state index is 0.